The highest BCUT2D eigenvalue weighted by Crippen LogP contribution is 2.19. The first-order valence-electron chi connectivity index (χ1n) is 10.5. The van der Waals surface area contributed by atoms with E-state index >= 15 is 0 Å². The number of benzene rings is 3. The molecule has 10 heteroatoms. The SMILES string of the molecule is CSc1ccc(OC(=[OH+])[C@H](C)NC(=O)OCc2ccccc2)cc1.Cc1ccc(S(=O)(=O)[O-])cc1. The van der Waals surface area contributed by atoms with Crippen molar-refractivity contribution in [1.29, 1.82) is 0 Å². The Morgan fingerprint density at radius 1 is 1.03 bits per heavy atom. The van der Waals surface area contributed by atoms with E-state index < -0.39 is 22.3 Å². The first-order chi connectivity index (χ1) is 16.6. The summed E-state index contributed by atoms with van der Waals surface area (Å²) in [6, 6.07) is 21.7. The van der Waals surface area contributed by atoms with Gasteiger partial charge >= 0.3 is 12.1 Å². The molecule has 3 rings (SSSR count). The Bertz CT molecular complexity index is 1200. The molecule has 3 aromatic rings. The second-order valence-corrected chi connectivity index (χ2v) is 9.57. The topological polar surface area (TPSA) is 126 Å². The van der Waals surface area contributed by atoms with Crippen molar-refractivity contribution >= 4 is 33.9 Å². The van der Waals surface area contributed by atoms with E-state index in [9.17, 15) is 22.6 Å². The third kappa shape index (κ3) is 10.2. The summed E-state index contributed by atoms with van der Waals surface area (Å²) in [6.07, 6.45) is 1.35. The molecule has 0 heterocycles. The molecule has 0 saturated heterocycles. The molecule has 0 aliphatic carbocycles. The minimum atomic E-state index is -4.27. The molecule has 0 fully saturated rings. The molecule has 0 bridgehead atoms. The van der Waals surface area contributed by atoms with Crippen LogP contribution in [0, 0.1) is 6.92 Å². The Morgan fingerprint density at radius 2 is 1.63 bits per heavy atom. The summed E-state index contributed by atoms with van der Waals surface area (Å²) in [5.74, 6) is 0.195. The first-order valence-corrected chi connectivity index (χ1v) is 13.1. The lowest BCUT2D eigenvalue weighted by Crippen LogP contribution is -2.41. The fraction of sp³-hybridized carbons (Fsp3) is 0.200. The zero-order valence-electron chi connectivity index (χ0n) is 19.5. The fourth-order valence-electron chi connectivity index (χ4n) is 2.56. The molecule has 186 valence electrons. The quantitative estimate of drug-likeness (QED) is 0.161. The van der Waals surface area contributed by atoms with E-state index in [1.165, 1.54) is 12.1 Å². The maximum atomic E-state index is 11.8. The number of alkyl carbamates (subject to hydrolysis) is 1. The summed E-state index contributed by atoms with van der Waals surface area (Å²) in [6.45, 7) is 3.59. The van der Waals surface area contributed by atoms with Gasteiger partial charge in [-0.2, -0.15) is 0 Å². The molecule has 0 aliphatic rings. The monoisotopic (exact) mass is 517 g/mol. The number of hydrogen-bond acceptors (Lipinski definition) is 7. The number of thioether (sulfide) groups is 1. The van der Waals surface area contributed by atoms with Crippen LogP contribution in [0.1, 0.15) is 18.1 Å². The van der Waals surface area contributed by atoms with Gasteiger partial charge in [0.05, 0.1) is 4.90 Å². The lowest BCUT2D eigenvalue weighted by atomic mass is 10.2. The molecule has 2 N–H and O–H groups in total. The molecule has 0 saturated carbocycles. The summed E-state index contributed by atoms with van der Waals surface area (Å²) in [7, 11) is -4.27. The van der Waals surface area contributed by atoms with Crippen molar-refractivity contribution in [2.45, 2.75) is 36.3 Å². The number of nitrogens with one attached hydrogen (secondary N) is 1. The van der Waals surface area contributed by atoms with E-state index in [1.807, 2.05) is 55.6 Å². The van der Waals surface area contributed by atoms with Crippen molar-refractivity contribution in [3.8, 4) is 5.75 Å². The molecule has 0 unspecified atom stereocenters. The van der Waals surface area contributed by atoms with E-state index in [4.69, 9.17) is 9.47 Å². The smallest absolute Gasteiger partial charge is 0.512 e. The highest BCUT2D eigenvalue weighted by molar-refractivity contribution is 7.98. The fourth-order valence-corrected chi connectivity index (χ4v) is 3.44. The van der Waals surface area contributed by atoms with E-state index in [1.54, 1.807) is 43.0 Å². The van der Waals surface area contributed by atoms with Crippen LogP contribution < -0.4 is 10.1 Å². The van der Waals surface area contributed by atoms with Crippen molar-refractivity contribution in [3.05, 3.63) is 90.0 Å². The second kappa shape index (κ2) is 13.5. The van der Waals surface area contributed by atoms with Crippen molar-refractivity contribution in [2.75, 3.05) is 6.26 Å². The summed E-state index contributed by atoms with van der Waals surface area (Å²) in [5.41, 5.74) is 1.82. The molecule has 0 aliphatic heterocycles. The molecular weight excluding hydrogens is 490 g/mol. The summed E-state index contributed by atoms with van der Waals surface area (Å²) < 4.78 is 41.6. The zero-order valence-corrected chi connectivity index (χ0v) is 21.1. The molecule has 0 spiro atoms. The average molecular weight is 518 g/mol. The third-order valence-electron chi connectivity index (χ3n) is 4.51. The highest BCUT2D eigenvalue weighted by atomic mass is 32.2. The largest absolute Gasteiger partial charge is 0.744 e. The maximum Gasteiger partial charge on any atom is 0.512 e. The number of hydrogen-bond donors (Lipinski definition) is 1. The molecule has 35 heavy (non-hydrogen) atoms. The van der Waals surface area contributed by atoms with E-state index in [-0.39, 0.29) is 17.5 Å². The lowest BCUT2D eigenvalue weighted by molar-refractivity contribution is 0.137. The number of ether oxygens (including phenoxy) is 2. The highest BCUT2D eigenvalue weighted by Gasteiger charge is 2.26. The van der Waals surface area contributed by atoms with Crippen molar-refractivity contribution in [1.82, 2.24) is 5.32 Å². The van der Waals surface area contributed by atoms with Crippen LogP contribution in [0.2, 0.25) is 0 Å². The van der Waals surface area contributed by atoms with Crippen LogP contribution in [0.4, 0.5) is 4.79 Å². The molecule has 1 atom stereocenters. The first kappa shape index (κ1) is 27.9. The van der Waals surface area contributed by atoms with E-state index in [0.29, 0.717) is 5.75 Å². The van der Waals surface area contributed by atoms with Crippen molar-refractivity contribution < 1.29 is 32.0 Å². The van der Waals surface area contributed by atoms with E-state index in [0.717, 1.165) is 16.0 Å². The van der Waals surface area contributed by atoms with Gasteiger partial charge in [-0.25, -0.2) is 13.2 Å². The van der Waals surface area contributed by atoms with Gasteiger partial charge in [0, 0.05) is 17.0 Å². The number of esters is 1. The minimum absolute atomic E-state index is 0.164. The van der Waals surface area contributed by atoms with E-state index in [2.05, 4.69) is 5.32 Å². The van der Waals surface area contributed by atoms with Gasteiger partial charge in [0.1, 0.15) is 16.7 Å². The Hall–Kier alpha value is -3.34. The average Bonchev–Trinajstić information content (AvgIpc) is 2.84. The predicted molar refractivity (Wildman–Crippen MR) is 134 cm³/mol. The summed E-state index contributed by atoms with van der Waals surface area (Å²) in [5, 5.41) is 2.52. The van der Waals surface area contributed by atoms with Gasteiger partial charge < -0.3 is 19.4 Å². The van der Waals surface area contributed by atoms with Crippen LogP contribution in [0.15, 0.2) is 88.7 Å². The number of aryl methyl sites for hydroxylation is 1. The number of rotatable bonds is 7. The van der Waals surface area contributed by atoms with Gasteiger partial charge in [0.25, 0.3) is 0 Å². The van der Waals surface area contributed by atoms with Gasteiger partial charge in [0.2, 0.25) is 5.75 Å². The molecule has 1 amide bonds. The van der Waals surface area contributed by atoms with Crippen LogP contribution in [0.25, 0.3) is 0 Å². The standard InChI is InChI=1S/C18H19NO4S.C7H8O3S/c1-13(17(20)23-15-8-10-16(24-2)11-9-15)19-18(21)22-12-14-6-4-3-5-7-14;1-6-2-4-7(5-3-6)11(8,9)10/h3-11,13H,12H2,1-2H3,(H,19,21);2-5H,1H3,(H,8,9,10)/t13-;/m0./s1. The van der Waals surface area contributed by atoms with Crippen LogP contribution in [0.3, 0.4) is 0 Å². The van der Waals surface area contributed by atoms with Crippen LogP contribution in [-0.2, 0) is 21.5 Å². The Morgan fingerprint density at radius 3 is 2.17 bits per heavy atom. The molecular formula is C25H27NO7S2. The minimum Gasteiger partial charge on any atom is -0.744 e. The van der Waals surface area contributed by atoms with Crippen molar-refractivity contribution in [3.63, 3.8) is 0 Å². The van der Waals surface area contributed by atoms with Gasteiger partial charge in [0.15, 0.2) is 6.04 Å². The number of amides is 1. The summed E-state index contributed by atoms with van der Waals surface area (Å²) in [4.78, 5) is 22.6. The zero-order chi connectivity index (χ0) is 25.8. The van der Waals surface area contributed by atoms with Gasteiger partial charge in [-0.05, 0) is 49.9 Å². The van der Waals surface area contributed by atoms with Crippen molar-refractivity contribution in [2.24, 2.45) is 0 Å². The molecule has 3 aromatic carbocycles. The Labute approximate surface area is 209 Å². The van der Waals surface area contributed by atoms with Gasteiger partial charge in [-0.3, -0.25) is 4.74 Å². The predicted octanol–water partition coefficient (Wildman–Crippen LogP) is 4.50. The third-order valence-corrected chi connectivity index (χ3v) is 6.10. The van der Waals surface area contributed by atoms with Crippen LogP contribution in [-0.4, -0.2) is 42.1 Å². The number of carbonyl (C=O) groups is 1. The van der Waals surface area contributed by atoms with Crippen LogP contribution >= 0.6 is 11.8 Å². The maximum absolute atomic E-state index is 11.8. The Kier molecular flexibility index (Phi) is 10.8. The molecule has 8 nitrogen and oxygen atoms in total. The Balaban J connectivity index is 0.000000328. The van der Waals surface area contributed by atoms with Gasteiger partial charge in [-0.15, -0.1) is 11.8 Å². The summed E-state index contributed by atoms with van der Waals surface area (Å²) >= 11 is 1.62. The lowest BCUT2D eigenvalue weighted by Gasteiger charge is -2.09. The normalized spacial score (nSPS) is 11.4. The van der Waals surface area contributed by atoms with Gasteiger partial charge in [-0.1, -0.05) is 48.0 Å². The molecule has 0 radical (unpaired) electrons. The number of carbonyl (C=O) groups excluding carboxylic acids is 2. The van der Waals surface area contributed by atoms with Crippen LogP contribution in [0.5, 0.6) is 5.75 Å². The molecule has 0 aromatic heterocycles. The second-order valence-electron chi connectivity index (χ2n) is 7.31.